The molecule has 7 heteroatoms. The van der Waals surface area contributed by atoms with Crippen LogP contribution in [0.3, 0.4) is 0 Å². The number of rotatable bonds is 4. The number of carbonyl (C=O) groups excluding carboxylic acids is 2. The summed E-state index contributed by atoms with van der Waals surface area (Å²) in [5.41, 5.74) is 1.11. The van der Waals surface area contributed by atoms with Gasteiger partial charge in [-0.15, -0.1) is 0 Å². The van der Waals surface area contributed by atoms with Gasteiger partial charge in [-0.3, -0.25) is 14.4 Å². The lowest BCUT2D eigenvalue weighted by atomic mass is 10.0. The van der Waals surface area contributed by atoms with Crippen molar-refractivity contribution in [1.82, 2.24) is 9.88 Å². The Morgan fingerprint density at radius 1 is 1.15 bits per heavy atom. The van der Waals surface area contributed by atoms with Crippen molar-refractivity contribution in [3.8, 4) is 16.9 Å². The molecule has 1 heterocycles. The number of Topliss-reactive ketones (excluding diaryl/α,β-unsaturated/α-hetero) is 1. The van der Waals surface area contributed by atoms with Crippen molar-refractivity contribution in [2.75, 3.05) is 6.54 Å². The summed E-state index contributed by atoms with van der Waals surface area (Å²) in [5, 5.41) is 13.8. The number of ketones is 1. The molecule has 0 aliphatic heterocycles. The Bertz CT molecular complexity index is 1130. The first-order valence-corrected chi connectivity index (χ1v) is 8.56. The normalized spacial score (nSPS) is 10.8. The lowest BCUT2D eigenvalue weighted by Crippen LogP contribution is -2.34. The fourth-order valence-electron chi connectivity index (χ4n) is 2.87. The van der Waals surface area contributed by atoms with Gasteiger partial charge in [0.1, 0.15) is 17.1 Å². The number of hydrogen-bond acceptors (Lipinski definition) is 4. The van der Waals surface area contributed by atoms with Gasteiger partial charge in [-0.05, 0) is 42.3 Å². The van der Waals surface area contributed by atoms with Crippen LogP contribution in [-0.2, 0) is 11.8 Å². The highest BCUT2D eigenvalue weighted by Gasteiger charge is 2.21. The van der Waals surface area contributed by atoms with E-state index in [0.29, 0.717) is 15.9 Å². The predicted octanol–water partition coefficient (Wildman–Crippen LogP) is 2.88. The topological polar surface area (TPSA) is 88.4 Å². The Kier molecular flexibility index (Phi) is 5.01. The van der Waals surface area contributed by atoms with Crippen molar-refractivity contribution in [2.24, 2.45) is 7.05 Å². The van der Waals surface area contributed by atoms with Gasteiger partial charge in [-0.1, -0.05) is 29.8 Å². The van der Waals surface area contributed by atoms with Crippen LogP contribution in [0.15, 0.2) is 47.3 Å². The minimum atomic E-state index is -0.788. The standard InChI is InChI=1S/C20H17ClN2O4/c1-11(24)10-22-19(26)17-18(25)15-7-6-13(9-16(15)23(2)20(17)27)12-4-3-5-14(21)8-12/h3-9,25H,10H2,1-2H3,(H,22,26). The first-order valence-electron chi connectivity index (χ1n) is 8.19. The molecule has 0 atom stereocenters. The number of halogens is 1. The molecule has 1 aromatic heterocycles. The first kappa shape index (κ1) is 18.7. The van der Waals surface area contributed by atoms with Crippen LogP contribution in [0.4, 0.5) is 0 Å². The minimum Gasteiger partial charge on any atom is -0.506 e. The number of aromatic nitrogens is 1. The molecule has 2 N–H and O–H groups in total. The molecule has 0 bridgehead atoms. The summed E-state index contributed by atoms with van der Waals surface area (Å²) in [4.78, 5) is 35.9. The number of aromatic hydroxyl groups is 1. The number of fused-ring (bicyclic) bond motifs is 1. The van der Waals surface area contributed by atoms with E-state index in [9.17, 15) is 19.5 Å². The van der Waals surface area contributed by atoms with E-state index < -0.39 is 17.2 Å². The van der Waals surface area contributed by atoms with Crippen molar-refractivity contribution in [2.45, 2.75) is 6.92 Å². The highest BCUT2D eigenvalue weighted by Crippen LogP contribution is 2.31. The zero-order valence-electron chi connectivity index (χ0n) is 14.7. The SMILES string of the molecule is CC(=O)CNC(=O)c1c(O)c2ccc(-c3cccc(Cl)c3)cc2n(C)c1=O. The van der Waals surface area contributed by atoms with E-state index in [4.69, 9.17) is 11.6 Å². The summed E-state index contributed by atoms with van der Waals surface area (Å²) >= 11 is 6.04. The Balaban J connectivity index is 2.16. The molecule has 27 heavy (non-hydrogen) atoms. The van der Waals surface area contributed by atoms with Gasteiger partial charge in [-0.25, -0.2) is 0 Å². The van der Waals surface area contributed by atoms with Crippen molar-refractivity contribution >= 4 is 34.2 Å². The second-order valence-corrected chi connectivity index (χ2v) is 6.65. The summed E-state index contributed by atoms with van der Waals surface area (Å²) in [6, 6.07) is 12.4. The molecule has 0 unspecified atom stereocenters. The molecule has 0 fully saturated rings. The van der Waals surface area contributed by atoms with Gasteiger partial charge in [0.15, 0.2) is 0 Å². The maximum Gasteiger partial charge on any atom is 0.267 e. The third-order valence-corrected chi connectivity index (χ3v) is 4.49. The average Bonchev–Trinajstić information content (AvgIpc) is 2.64. The van der Waals surface area contributed by atoms with Crippen molar-refractivity contribution in [1.29, 1.82) is 0 Å². The van der Waals surface area contributed by atoms with Crippen LogP contribution in [0.1, 0.15) is 17.3 Å². The molecule has 0 saturated heterocycles. The van der Waals surface area contributed by atoms with E-state index >= 15 is 0 Å². The van der Waals surface area contributed by atoms with Crippen molar-refractivity contribution in [3.05, 3.63) is 63.4 Å². The second-order valence-electron chi connectivity index (χ2n) is 6.21. The highest BCUT2D eigenvalue weighted by molar-refractivity contribution is 6.30. The molecule has 0 aliphatic rings. The number of nitrogens with one attached hydrogen (secondary N) is 1. The van der Waals surface area contributed by atoms with Crippen molar-refractivity contribution in [3.63, 3.8) is 0 Å². The molecule has 3 rings (SSSR count). The molecular formula is C20H17ClN2O4. The van der Waals surface area contributed by atoms with Gasteiger partial charge in [0.25, 0.3) is 11.5 Å². The molecule has 0 radical (unpaired) electrons. The van der Waals surface area contributed by atoms with E-state index in [-0.39, 0.29) is 17.9 Å². The molecule has 0 aliphatic carbocycles. The smallest absolute Gasteiger partial charge is 0.267 e. The van der Waals surface area contributed by atoms with Crippen LogP contribution in [0.5, 0.6) is 5.75 Å². The third-order valence-electron chi connectivity index (χ3n) is 4.25. The summed E-state index contributed by atoms with van der Waals surface area (Å²) in [6.07, 6.45) is 0. The third kappa shape index (κ3) is 3.57. The molecule has 6 nitrogen and oxygen atoms in total. The first-order chi connectivity index (χ1) is 12.8. The van der Waals surface area contributed by atoms with Crippen LogP contribution in [-0.4, -0.2) is 27.9 Å². The Morgan fingerprint density at radius 2 is 1.85 bits per heavy atom. The number of pyridine rings is 1. The fraction of sp³-hybridized carbons (Fsp3) is 0.150. The number of carbonyl (C=O) groups is 2. The number of hydrogen-bond donors (Lipinski definition) is 2. The van der Waals surface area contributed by atoms with Gasteiger partial charge in [0, 0.05) is 17.5 Å². The molecule has 3 aromatic rings. The largest absolute Gasteiger partial charge is 0.506 e. The molecule has 2 aromatic carbocycles. The van der Waals surface area contributed by atoms with Crippen LogP contribution >= 0.6 is 11.6 Å². The number of benzene rings is 2. The minimum absolute atomic E-state index is 0.215. The summed E-state index contributed by atoms with van der Waals surface area (Å²) < 4.78 is 1.30. The van der Waals surface area contributed by atoms with Gasteiger partial charge >= 0.3 is 0 Å². The predicted molar refractivity (Wildman–Crippen MR) is 104 cm³/mol. The van der Waals surface area contributed by atoms with Gasteiger partial charge in [0.2, 0.25) is 0 Å². The van der Waals surface area contributed by atoms with Crippen LogP contribution in [0.2, 0.25) is 5.02 Å². The van der Waals surface area contributed by atoms with Crippen LogP contribution < -0.4 is 10.9 Å². The zero-order valence-corrected chi connectivity index (χ0v) is 15.5. The summed E-state index contributed by atoms with van der Waals surface area (Å²) in [5.74, 6) is -1.46. The molecule has 0 saturated carbocycles. The lowest BCUT2D eigenvalue weighted by molar-refractivity contribution is -0.116. The fourth-order valence-corrected chi connectivity index (χ4v) is 3.06. The number of nitrogens with zero attached hydrogens (tertiary/aromatic N) is 1. The Morgan fingerprint density at radius 3 is 2.52 bits per heavy atom. The Labute approximate surface area is 160 Å². The van der Waals surface area contributed by atoms with Gasteiger partial charge in [-0.2, -0.15) is 0 Å². The molecule has 1 amide bonds. The molecule has 0 spiro atoms. The van der Waals surface area contributed by atoms with E-state index in [2.05, 4.69) is 5.32 Å². The van der Waals surface area contributed by atoms with Gasteiger partial charge in [0.05, 0.1) is 12.1 Å². The van der Waals surface area contributed by atoms with E-state index in [1.165, 1.54) is 18.5 Å². The summed E-state index contributed by atoms with van der Waals surface area (Å²) in [7, 11) is 1.52. The van der Waals surface area contributed by atoms with Crippen LogP contribution in [0.25, 0.3) is 22.0 Å². The number of aryl methyl sites for hydroxylation is 1. The number of amides is 1. The lowest BCUT2D eigenvalue weighted by Gasteiger charge is -2.13. The molecular weight excluding hydrogens is 368 g/mol. The maximum atomic E-state index is 12.6. The van der Waals surface area contributed by atoms with Gasteiger partial charge < -0.3 is 15.0 Å². The Hall–Kier alpha value is -3.12. The molecule has 138 valence electrons. The maximum absolute atomic E-state index is 12.6. The second kappa shape index (κ2) is 7.25. The van der Waals surface area contributed by atoms with E-state index in [0.717, 1.165) is 11.1 Å². The monoisotopic (exact) mass is 384 g/mol. The van der Waals surface area contributed by atoms with E-state index in [1.54, 1.807) is 30.3 Å². The van der Waals surface area contributed by atoms with Crippen molar-refractivity contribution < 1.29 is 14.7 Å². The zero-order chi connectivity index (χ0) is 19.7. The quantitative estimate of drug-likeness (QED) is 0.724. The van der Waals surface area contributed by atoms with E-state index in [1.807, 2.05) is 12.1 Å². The summed E-state index contributed by atoms with van der Waals surface area (Å²) in [6.45, 7) is 1.10. The highest BCUT2D eigenvalue weighted by atomic mass is 35.5. The van der Waals surface area contributed by atoms with Crippen LogP contribution in [0, 0.1) is 0 Å². The average molecular weight is 385 g/mol.